The van der Waals surface area contributed by atoms with Gasteiger partial charge in [0.2, 0.25) is 17.7 Å². The summed E-state index contributed by atoms with van der Waals surface area (Å²) in [5.41, 5.74) is 0. The fourth-order valence-electron chi connectivity index (χ4n) is 9.74. The van der Waals surface area contributed by atoms with Crippen molar-refractivity contribution in [3.63, 3.8) is 0 Å². The zero-order valence-corrected chi connectivity index (χ0v) is 47.7. The standard InChI is InChI=1S/C53H92N4O27/c1-3-54-35(63)15-7-5-4-6-12-29(60)22-57(23-30(61)13-8-10-16-36(64)55-18-20-77-50-45(73)42(70)38(66)28(2)80-50)24-31(62)14-9-11-17-37(65)56-19-21-78-52-48(76)49(84-53-47(75)44(72)40(68)33(26-59)82-53)41(69)34(83-52)27-79-51-46(74)43(71)39(67)32(25-58)81-51/h28,32-34,38-53,58-59,66-76H,3-27H2,1-2H3,(H,54,63)(H,55,64)(H,56,65)/t28-,32+,33+,34+,38+,39+,40+,41+,42+,43-,44-,45-,46-,47-,48-,49-,50+,51-,52-,53+/m0/s1. The van der Waals surface area contributed by atoms with E-state index in [1.807, 2.05) is 6.92 Å². The number of nitrogens with zero attached hydrogens (tertiary/aromatic N) is 1. The van der Waals surface area contributed by atoms with Gasteiger partial charge in [-0.15, -0.1) is 0 Å². The Morgan fingerprint density at radius 3 is 1.27 bits per heavy atom. The number of carbonyl (C=O) groups is 6. The Balaban J connectivity index is 1.22. The number of unbranched alkanes of at least 4 members (excludes halogenated alkanes) is 5. The zero-order chi connectivity index (χ0) is 62.0. The minimum atomic E-state index is -1.95. The molecule has 16 N–H and O–H groups in total. The second-order valence-electron chi connectivity index (χ2n) is 21.5. The van der Waals surface area contributed by atoms with Gasteiger partial charge in [-0.05, 0) is 52.4 Å². The zero-order valence-electron chi connectivity index (χ0n) is 47.7. The van der Waals surface area contributed by atoms with Crippen molar-refractivity contribution < 1.29 is 133 Å². The molecule has 4 fully saturated rings. The Morgan fingerprint density at radius 1 is 0.417 bits per heavy atom. The Labute approximate surface area is 486 Å². The number of hydrogen-bond acceptors (Lipinski definition) is 28. The van der Waals surface area contributed by atoms with Gasteiger partial charge in [0.15, 0.2) is 25.2 Å². The van der Waals surface area contributed by atoms with Gasteiger partial charge in [0.25, 0.3) is 0 Å². The van der Waals surface area contributed by atoms with Crippen molar-refractivity contribution in [3.8, 4) is 0 Å². The minimum absolute atomic E-state index is 0.0237. The van der Waals surface area contributed by atoms with Crippen LogP contribution in [0.4, 0.5) is 0 Å². The van der Waals surface area contributed by atoms with Gasteiger partial charge in [-0.2, -0.15) is 0 Å². The van der Waals surface area contributed by atoms with E-state index in [1.165, 1.54) is 11.8 Å². The molecule has 0 bridgehead atoms. The molecule has 31 heteroatoms. The molecule has 31 nitrogen and oxygen atoms in total. The molecule has 0 saturated carbocycles. The van der Waals surface area contributed by atoms with Crippen molar-refractivity contribution in [3.05, 3.63) is 0 Å². The van der Waals surface area contributed by atoms with E-state index in [-0.39, 0.29) is 120 Å². The van der Waals surface area contributed by atoms with E-state index >= 15 is 0 Å². The number of aliphatic hydroxyl groups is 13. The van der Waals surface area contributed by atoms with Gasteiger partial charge in [0.05, 0.1) is 58.8 Å². The number of nitrogens with one attached hydrogen (secondary N) is 3. The van der Waals surface area contributed by atoms with E-state index in [0.29, 0.717) is 45.1 Å². The number of Topliss-reactive ketones (excluding diaryl/α,β-unsaturated/α-hetero) is 3. The number of amides is 3. The molecule has 4 heterocycles. The van der Waals surface area contributed by atoms with Gasteiger partial charge in [0.1, 0.15) is 109 Å². The number of aliphatic hydroxyl groups excluding tert-OH is 13. The summed E-state index contributed by atoms with van der Waals surface area (Å²) in [5.74, 6) is -1.49. The summed E-state index contributed by atoms with van der Waals surface area (Å²) in [7, 11) is 0. The van der Waals surface area contributed by atoms with Crippen LogP contribution >= 0.6 is 0 Å². The van der Waals surface area contributed by atoms with Crippen LogP contribution in [0, 0.1) is 0 Å². The molecular formula is C53H92N4O27. The smallest absolute Gasteiger partial charge is 0.220 e. The van der Waals surface area contributed by atoms with Crippen LogP contribution in [0.5, 0.6) is 0 Å². The third-order valence-electron chi connectivity index (χ3n) is 14.7. The molecule has 4 aliphatic rings. The second-order valence-corrected chi connectivity index (χ2v) is 21.5. The first-order valence-electron chi connectivity index (χ1n) is 28.9. The lowest BCUT2D eigenvalue weighted by Gasteiger charge is -2.46. The predicted octanol–water partition coefficient (Wildman–Crippen LogP) is -6.87. The number of carbonyl (C=O) groups excluding carboxylic acids is 6. The topological polar surface area (TPSA) is 479 Å². The number of rotatable bonds is 39. The summed E-state index contributed by atoms with van der Waals surface area (Å²) < 4.78 is 44.3. The maximum atomic E-state index is 13.2. The van der Waals surface area contributed by atoms with E-state index in [4.69, 9.17) is 37.9 Å². The Hall–Kier alpha value is -3.46. The number of ether oxygens (including phenoxy) is 8. The molecule has 0 spiro atoms. The first kappa shape index (κ1) is 73.0. The van der Waals surface area contributed by atoms with Crippen LogP contribution in [0.15, 0.2) is 0 Å². The van der Waals surface area contributed by atoms with Crippen LogP contribution in [-0.2, 0) is 66.7 Å². The van der Waals surface area contributed by atoms with Crippen LogP contribution in [0.1, 0.15) is 104 Å². The van der Waals surface area contributed by atoms with E-state index in [9.17, 15) is 95.2 Å². The maximum absolute atomic E-state index is 13.2. The van der Waals surface area contributed by atoms with E-state index in [1.54, 1.807) is 0 Å². The lowest BCUT2D eigenvalue weighted by molar-refractivity contribution is -0.366. The van der Waals surface area contributed by atoms with Crippen molar-refractivity contribution in [2.75, 3.05) is 72.3 Å². The van der Waals surface area contributed by atoms with Crippen LogP contribution < -0.4 is 16.0 Å². The van der Waals surface area contributed by atoms with E-state index < -0.39 is 149 Å². The first-order valence-corrected chi connectivity index (χ1v) is 28.9. The Morgan fingerprint density at radius 2 is 0.798 bits per heavy atom. The molecule has 4 aliphatic heterocycles. The quantitative estimate of drug-likeness (QED) is 0.0254. The SMILES string of the molecule is CCNC(=O)CCCCCCC(=O)CN(CC(=O)CCCCC(=O)NCCO[C@@H]1O[C@@H](C)[C@@H](O)[C@@H](O)[C@@H]1O)CC(=O)CCCCC(=O)NCCO[C@H]1O[C@H](CO[C@H]2O[C@H](CO)[C@@H](O)[C@H](O)[C@@H]2O)[C@@H](O)[C@H](O[C@H]2O[C@H](CO)[C@@H](O)[C@H](O)[C@@H]2O)[C@@H]1O. The van der Waals surface area contributed by atoms with Crippen molar-refractivity contribution >= 4 is 35.1 Å². The summed E-state index contributed by atoms with van der Waals surface area (Å²) in [5, 5.41) is 142. The third kappa shape index (κ3) is 23.6. The van der Waals surface area contributed by atoms with Crippen molar-refractivity contribution in [1.82, 2.24) is 20.9 Å². The molecule has 4 saturated heterocycles. The van der Waals surface area contributed by atoms with Crippen LogP contribution in [-0.4, -0.2) is 301 Å². The van der Waals surface area contributed by atoms with Gasteiger partial charge in [-0.25, -0.2) is 0 Å². The highest BCUT2D eigenvalue weighted by atomic mass is 16.8. The van der Waals surface area contributed by atoms with Gasteiger partial charge in [0, 0.05) is 58.2 Å². The van der Waals surface area contributed by atoms with Crippen molar-refractivity contribution in [1.29, 1.82) is 0 Å². The van der Waals surface area contributed by atoms with Gasteiger partial charge >= 0.3 is 0 Å². The monoisotopic (exact) mass is 1220 g/mol. The third-order valence-corrected chi connectivity index (χ3v) is 14.7. The molecule has 0 aromatic rings. The molecule has 4 rings (SSSR count). The number of ketones is 3. The first-order chi connectivity index (χ1) is 40.0. The average Bonchev–Trinajstić information content (AvgIpc) is 3.58. The summed E-state index contributed by atoms with van der Waals surface area (Å²) in [6.07, 6.45) is -27.5. The normalized spacial score (nSPS) is 33.6. The van der Waals surface area contributed by atoms with E-state index in [0.717, 1.165) is 6.42 Å². The highest BCUT2D eigenvalue weighted by Gasteiger charge is 2.52. The molecule has 0 aromatic carbocycles. The molecule has 486 valence electrons. The van der Waals surface area contributed by atoms with Crippen molar-refractivity contribution in [2.45, 2.75) is 227 Å². The second kappa shape index (κ2) is 38.1. The fourth-order valence-corrected chi connectivity index (χ4v) is 9.74. The lowest BCUT2D eigenvalue weighted by Crippen LogP contribution is -2.65. The number of hydrogen-bond donors (Lipinski definition) is 16. The Kier molecular flexibility index (Phi) is 33.1. The minimum Gasteiger partial charge on any atom is -0.394 e. The van der Waals surface area contributed by atoms with Crippen molar-refractivity contribution in [2.24, 2.45) is 0 Å². The Bertz CT molecular complexity index is 1980. The van der Waals surface area contributed by atoms with E-state index in [2.05, 4.69) is 16.0 Å². The molecule has 0 aliphatic carbocycles. The highest BCUT2D eigenvalue weighted by molar-refractivity contribution is 5.86. The molecule has 3 amide bonds. The molecule has 0 unspecified atom stereocenters. The van der Waals surface area contributed by atoms with Gasteiger partial charge in [-0.1, -0.05) is 12.8 Å². The van der Waals surface area contributed by atoms with Gasteiger partial charge in [-0.3, -0.25) is 33.7 Å². The molecular weight excluding hydrogens is 1120 g/mol. The molecule has 0 radical (unpaired) electrons. The molecule has 20 atom stereocenters. The predicted molar refractivity (Wildman–Crippen MR) is 284 cm³/mol. The largest absolute Gasteiger partial charge is 0.394 e. The summed E-state index contributed by atoms with van der Waals surface area (Å²) in [4.78, 5) is 78.0. The summed E-state index contributed by atoms with van der Waals surface area (Å²) >= 11 is 0. The van der Waals surface area contributed by atoms with Crippen LogP contribution in [0.25, 0.3) is 0 Å². The summed E-state index contributed by atoms with van der Waals surface area (Å²) in [6.45, 7) is 0.595. The summed E-state index contributed by atoms with van der Waals surface area (Å²) in [6, 6.07) is 0. The van der Waals surface area contributed by atoms with Gasteiger partial charge < -0.3 is 120 Å². The average molecular weight is 1220 g/mol. The van der Waals surface area contributed by atoms with Crippen LogP contribution in [0.2, 0.25) is 0 Å². The fraction of sp³-hybridized carbons (Fsp3) is 0.887. The maximum Gasteiger partial charge on any atom is 0.220 e. The molecule has 0 aromatic heterocycles. The molecule has 84 heavy (non-hydrogen) atoms. The lowest BCUT2D eigenvalue weighted by atomic mass is 9.96. The highest BCUT2D eigenvalue weighted by Crippen LogP contribution is 2.31. The van der Waals surface area contributed by atoms with Crippen LogP contribution in [0.3, 0.4) is 0 Å².